The van der Waals surface area contributed by atoms with Gasteiger partial charge in [0.05, 0.1) is 12.8 Å². The Morgan fingerprint density at radius 2 is 1.68 bits per heavy atom. The minimum atomic E-state index is 0.567. The third-order valence-electron chi connectivity index (χ3n) is 2.86. The molecule has 0 radical (unpaired) electrons. The zero-order chi connectivity index (χ0) is 13.8. The van der Waals surface area contributed by atoms with Crippen molar-refractivity contribution in [3.05, 3.63) is 42.0 Å². The van der Waals surface area contributed by atoms with Gasteiger partial charge in [0, 0.05) is 29.7 Å². The number of methoxy groups -OCH3 is 1. The maximum absolute atomic E-state index is 5.90. The molecule has 0 saturated heterocycles. The van der Waals surface area contributed by atoms with Gasteiger partial charge in [-0.2, -0.15) is 0 Å². The van der Waals surface area contributed by atoms with E-state index in [0.29, 0.717) is 29.4 Å². The highest BCUT2D eigenvalue weighted by Crippen LogP contribution is 2.27. The van der Waals surface area contributed by atoms with Crippen molar-refractivity contribution in [1.29, 1.82) is 0 Å². The number of nitrogens with one attached hydrogen (secondary N) is 1. The Kier molecular flexibility index (Phi) is 3.66. The van der Waals surface area contributed by atoms with E-state index >= 15 is 0 Å². The maximum atomic E-state index is 5.90. The second-order valence-electron chi connectivity index (χ2n) is 4.27. The van der Waals surface area contributed by atoms with Crippen LogP contribution in [0.5, 0.6) is 5.75 Å². The minimum absolute atomic E-state index is 0.567. The van der Waals surface area contributed by atoms with Crippen molar-refractivity contribution in [2.75, 3.05) is 29.6 Å². The van der Waals surface area contributed by atoms with Crippen molar-refractivity contribution >= 4 is 22.7 Å². The molecule has 7 N–H and O–H groups in total. The molecule has 19 heavy (non-hydrogen) atoms. The fourth-order valence-electron chi connectivity index (χ4n) is 1.82. The molecule has 0 saturated carbocycles. The molecule has 2 aromatic carbocycles. The number of benzene rings is 2. The lowest BCUT2D eigenvalue weighted by molar-refractivity contribution is 0.416. The summed E-state index contributed by atoms with van der Waals surface area (Å²) in [6, 6.07) is 10.9. The average molecular weight is 258 g/mol. The lowest BCUT2D eigenvalue weighted by Crippen LogP contribution is -2.05. The third-order valence-corrected chi connectivity index (χ3v) is 2.86. The molecule has 0 atom stereocenters. The standard InChI is InChI=1S/C14H18N4O/c1-19-14-7-11(16)3-5-13(14)18-8-9-6-10(15)2-4-12(9)17/h2-7,18H,8,15-17H2,1H3. The van der Waals surface area contributed by atoms with Crippen LogP contribution in [0, 0.1) is 0 Å². The molecule has 0 aliphatic rings. The van der Waals surface area contributed by atoms with E-state index in [0.717, 1.165) is 11.3 Å². The van der Waals surface area contributed by atoms with Gasteiger partial charge in [-0.05, 0) is 35.9 Å². The number of nitrogens with two attached hydrogens (primary N) is 3. The van der Waals surface area contributed by atoms with E-state index in [-0.39, 0.29) is 0 Å². The van der Waals surface area contributed by atoms with Gasteiger partial charge in [-0.15, -0.1) is 0 Å². The van der Waals surface area contributed by atoms with Crippen molar-refractivity contribution < 1.29 is 4.74 Å². The Labute approximate surface area is 112 Å². The SMILES string of the molecule is COc1cc(N)ccc1NCc1cc(N)ccc1N. The molecule has 0 unspecified atom stereocenters. The summed E-state index contributed by atoms with van der Waals surface area (Å²) in [7, 11) is 1.61. The molecule has 0 aromatic heterocycles. The van der Waals surface area contributed by atoms with Crippen LogP contribution in [0.3, 0.4) is 0 Å². The van der Waals surface area contributed by atoms with Gasteiger partial charge < -0.3 is 27.3 Å². The second-order valence-corrected chi connectivity index (χ2v) is 4.27. The minimum Gasteiger partial charge on any atom is -0.495 e. The summed E-state index contributed by atoms with van der Waals surface area (Å²) in [6.07, 6.45) is 0. The van der Waals surface area contributed by atoms with Crippen molar-refractivity contribution in [1.82, 2.24) is 0 Å². The topological polar surface area (TPSA) is 99.3 Å². The molecule has 0 heterocycles. The molecule has 0 aliphatic carbocycles. The van der Waals surface area contributed by atoms with Crippen molar-refractivity contribution in [2.24, 2.45) is 0 Å². The first-order valence-corrected chi connectivity index (χ1v) is 5.91. The van der Waals surface area contributed by atoms with E-state index in [4.69, 9.17) is 21.9 Å². The predicted molar refractivity (Wildman–Crippen MR) is 80.0 cm³/mol. The smallest absolute Gasteiger partial charge is 0.144 e. The van der Waals surface area contributed by atoms with Gasteiger partial charge in [-0.25, -0.2) is 0 Å². The molecule has 2 rings (SSSR count). The molecule has 100 valence electrons. The van der Waals surface area contributed by atoms with Crippen LogP contribution in [0.25, 0.3) is 0 Å². The van der Waals surface area contributed by atoms with E-state index in [9.17, 15) is 0 Å². The van der Waals surface area contributed by atoms with Gasteiger partial charge in [0.25, 0.3) is 0 Å². The summed E-state index contributed by atoms with van der Waals surface area (Å²) in [5, 5.41) is 3.26. The van der Waals surface area contributed by atoms with Crippen molar-refractivity contribution in [3.63, 3.8) is 0 Å². The number of hydrogen-bond acceptors (Lipinski definition) is 5. The third kappa shape index (κ3) is 3.01. The van der Waals surface area contributed by atoms with Crippen molar-refractivity contribution in [2.45, 2.75) is 6.54 Å². The normalized spacial score (nSPS) is 10.2. The summed E-state index contributed by atoms with van der Waals surface area (Å²) in [5.74, 6) is 0.697. The first-order chi connectivity index (χ1) is 9.10. The summed E-state index contributed by atoms with van der Waals surface area (Å²) in [4.78, 5) is 0. The van der Waals surface area contributed by atoms with Crippen molar-refractivity contribution in [3.8, 4) is 5.75 Å². The monoisotopic (exact) mass is 258 g/mol. The van der Waals surface area contributed by atoms with Crippen LogP contribution in [0.2, 0.25) is 0 Å². The Bertz CT molecular complexity index is 584. The molecule has 0 fully saturated rings. The molecule has 2 aromatic rings. The van der Waals surface area contributed by atoms with Gasteiger partial charge in [0.1, 0.15) is 5.75 Å². The van der Waals surface area contributed by atoms with E-state index in [1.165, 1.54) is 0 Å². The summed E-state index contributed by atoms with van der Waals surface area (Å²) < 4.78 is 5.27. The van der Waals surface area contributed by atoms with Gasteiger partial charge >= 0.3 is 0 Å². The Hall–Kier alpha value is -2.56. The first kappa shape index (κ1) is 12.9. The highest BCUT2D eigenvalue weighted by molar-refractivity contribution is 5.63. The fourth-order valence-corrected chi connectivity index (χ4v) is 1.82. The molecule has 0 aliphatic heterocycles. The van der Waals surface area contributed by atoms with Gasteiger partial charge in [-0.3, -0.25) is 0 Å². The summed E-state index contributed by atoms with van der Waals surface area (Å²) in [6.45, 7) is 0.567. The van der Waals surface area contributed by atoms with Gasteiger partial charge in [-0.1, -0.05) is 0 Å². The Morgan fingerprint density at radius 3 is 2.42 bits per heavy atom. The van der Waals surface area contributed by atoms with E-state index < -0.39 is 0 Å². The van der Waals surface area contributed by atoms with Gasteiger partial charge in [0.15, 0.2) is 0 Å². The first-order valence-electron chi connectivity index (χ1n) is 5.91. The number of ether oxygens (including phenoxy) is 1. The highest BCUT2D eigenvalue weighted by atomic mass is 16.5. The lowest BCUT2D eigenvalue weighted by atomic mass is 10.1. The van der Waals surface area contributed by atoms with Crippen LogP contribution < -0.4 is 27.3 Å². The van der Waals surface area contributed by atoms with Crippen LogP contribution in [0.4, 0.5) is 22.7 Å². The summed E-state index contributed by atoms with van der Waals surface area (Å²) >= 11 is 0. The molecule has 0 spiro atoms. The molecule has 0 bridgehead atoms. The van der Waals surface area contributed by atoms with E-state index in [2.05, 4.69) is 5.32 Å². The average Bonchev–Trinajstić information content (AvgIpc) is 2.40. The van der Waals surface area contributed by atoms with Crippen LogP contribution in [0.15, 0.2) is 36.4 Å². The van der Waals surface area contributed by atoms with Crippen LogP contribution >= 0.6 is 0 Å². The molecule has 0 amide bonds. The zero-order valence-corrected chi connectivity index (χ0v) is 10.8. The quantitative estimate of drug-likeness (QED) is 0.629. The fraction of sp³-hybridized carbons (Fsp3) is 0.143. The van der Waals surface area contributed by atoms with Crippen LogP contribution in [-0.2, 0) is 6.54 Å². The number of anilines is 4. The maximum Gasteiger partial charge on any atom is 0.144 e. The lowest BCUT2D eigenvalue weighted by Gasteiger charge is -2.13. The molecular weight excluding hydrogens is 240 g/mol. The second kappa shape index (κ2) is 5.39. The largest absolute Gasteiger partial charge is 0.495 e. The molecule has 5 heteroatoms. The van der Waals surface area contributed by atoms with E-state index in [1.54, 1.807) is 25.3 Å². The number of nitrogen functional groups attached to an aromatic ring is 3. The summed E-state index contributed by atoms with van der Waals surface area (Å²) in [5.41, 5.74) is 21.2. The molecular formula is C14H18N4O. The van der Waals surface area contributed by atoms with Gasteiger partial charge in [0.2, 0.25) is 0 Å². The predicted octanol–water partition coefficient (Wildman–Crippen LogP) is 2.05. The Balaban J connectivity index is 2.16. The van der Waals surface area contributed by atoms with Crippen LogP contribution in [-0.4, -0.2) is 7.11 Å². The number of rotatable bonds is 4. The highest BCUT2D eigenvalue weighted by Gasteiger charge is 2.05. The van der Waals surface area contributed by atoms with E-state index in [1.807, 2.05) is 18.2 Å². The Morgan fingerprint density at radius 1 is 1.00 bits per heavy atom. The number of hydrogen-bond donors (Lipinski definition) is 4. The zero-order valence-electron chi connectivity index (χ0n) is 10.8. The molecule has 5 nitrogen and oxygen atoms in total. The van der Waals surface area contributed by atoms with Crippen LogP contribution in [0.1, 0.15) is 5.56 Å².